The van der Waals surface area contributed by atoms with Gasteiger partial charge in [0.15, 0.2) is 5.76 Å². The number of nitrogens with two attached hydrogens (primary N) is 1. The van der Waals surface area contributed by atoms with E-state index in [1.807, 2.05) is 0 Å². The number of fused-ring (bicyclic) bond motifs is 1. The number of aryl methyl sites for hydroxylation is 2. The van der Waals surface area contributed by atoms with Crippen molar-refractivity contribution < 1.29 is 27.5 Å². The summed E-state index contributed by atoms with van der Waals surface area (Å²) in [6.07, 6.45) is -1.21. The molecule has 5 rings (SSSR count). The van der Waals surface area contributed by atoms with Crippen LogP contribution in [0, 0.1) is 6.92 Å². The molecule has 0 aliphatic carbocycles. The third-order valence-electron chi connectivity index (χ3n) is 5.82. The lowest BCUT2D eigenvalue weighted by atomic mass is 10.0. The van der Waals surface area contributed by atoms with E-state index in [4.69, 9.17) is 26.5 Å². The maximum Gasteiger partial charge on any atom is 0.291 e. The van der Waals surface area contributed by atoms with Gasteiger partial charge in [-0.3, -0.25) is 14.3 Å². The lowest BCUT2D eigenvalue weighted by Gasteiger charge is -2.10. The normalized spacial score (nSPS) is 11.4. The third-order valence-corrected chi connectivity index (χ3v) is 7.71. The molecule has 0 saturated heterocycles. The molecule has 0 radical (unpaired) electrons. The summed E-state index contributed by atoms with van der Waals surface area (Å²) < 4.78 is 41.1. The first-order chi connectivity index (χ1) is 19.0. The number of halogens is 4. The van der Waals surface area contributed by atoms with Gasteiger partial charge in [-0.1, -0.05) is 27.5 Å². The van der Waals surface area contributed by atoms with Crippen LogP contribution in [0.15, 0.2) is 51.5 Å². The van der Waals surface area contributed by atoms with E-state index in [1.54, 1.807) is 44.4 Å². The van der Waals surface area contributed by atoms with Crippen LogP contribution in [0.2, 0.25) is 5.02 Å². The SMILES string of the molecule is Cc1nn(C)cc1-c1cc(C(F)F)nc2sc(C(N)=O)c(NC(=O)c3ccc(COc4ccc(Br)cc4Cl)o3)c12. The fourth-order valence-electron chi connectivity index (χ4n) is 4.09. The van der Waals surface area contributed by atoms with Crippen LogP contribution in [0.3, 0.4) is 0 Å². The molecule has 0 saturated carbocycles. The van der Waals surface area contributed by atoms with Crippen molar-refractivity contribution in [3.63, 3.8) is 0 Å². The number of alkyl halides is 2. The molecule has 0 atom stereocenters. The van der Waals surface area contributed by atoms with Crippen molar-refractivity contribution in [2.45, 2.75) is 20.0 Å². The quantitative estimate of drug-likeness (QED) is 0.189. The van der Waals surface area contributed by atoms with Gasteiger partial charge in [-0.2, -0.15) is 5.10 Å². The number of hydrogen-bond acceptors (Lipinski definition) is 7. The number of carbonyl (C=O) groups is 2. The first-order valence-electron chi connectivity index (χ1n) is 11.6. The Morgan fingerprint density at radius 3 is 2.67 bits per heavy atom. The Labute approximate surface area is 243 Å². The van der Waals surface area contributed by atoms with Crippen molar-refractivity contribution in [1.82, 2.24) is 14.8 Å². The maximum absolute atomic E-state index is 13.7. The van der Waals surface area contributed by atoms with Gasteiger partial charge in [0.1, 0.15) is 33.5 Å². The number of hydrogen-bond donors (Lipinski definition) is 2. The second-order valence-corrected chi connectivity index (χ2v) is 11.0. The highest BCUT2D eigenvalue weighted by atomic mass is 79.9. The summed E-state index contributed by atoms with van der Waals surface area (Å²) in [5.74, 6) is -0.861. The molecule has 2 amide bonds. The van der Waals surface area contributed by atoms with Crippen LogP contribution in [-0.2, 0) is 13.7 Å². The van der Waals surface area contributed by atoms with Crippen LogP contribution in [0.1, 0.15) is 43.8 Å². The molecule has 0 aliphatic heterocycles. The van der Waals surface area contributed by atoms with E-state index in [1.165, 1.54) is 16.8 Å². The summed E-state index contributed by atoms with van der Waals surface area (Å²) in [6.45, 7) is 1.71. The van der Waals surface area contributed by atoms with Crippen LogP contribution < -0.4 is 15.8 Å². The lowest BCUT2D eigenvalue weighted by molar-refractivity contribution is 0.0992. The van der Waals surface area contributed by atoms with Crippen LogP contribution in [0.4, 0.5) is 14.5 Å². The second kappa shape index (κ2) is 11.0. The number of thiophene rings is 1. The van der Waals surface area contributed by atoms with Gasteiger partial charge in [0.25, 0.3) is 18.2 Å². The largest absolute Gasteiger partial charge is 0.484 e. The number of rotatable bonds is 8. The van der Waals surface area contributed by atoms with Crippen LogP contribution in [-0.4, -0.2) is 26.6 Å². The van der Waals surface area contributed by atoms with E-state index in [0.29, 0.717) is 33.4 Å². The van der Waals surface area contributed by atoms with Gasteiger partial charge in [-0.15, -0.1) is 11.3 Å². The van der Waals surface area contributed by atoms with Gasteiger partial charge in [0.05, 0.1) is 16.4 Å². The summed E-state index contributed by atoms with van der Waals surface area (Å²) in [5.41, 5.74) is 6.58. The third kappa shape index (κ3) is 5.44. The molecule has 40 heavy (non-hydrogen) atoms. The minimum absolute atomic E-state index is 0.00664. The summed E-state index contributed by atoms with van der Waals surface area (Å²) in [6, 6.07) is 9.35. The zero-order valence-electron chi connectivity index (χ0n) is 20.8. The molecule has 0 aliphatic rings. The minimum atomic E-state index is -2.87. The predicted molar refractivity (Wildman–Crippen MR) is 150 cm³/mol. The number of furan rings is 1. The summed E-state index contributed by atoms with van der Waals surface area (Å²) in [5, 5.41) is 7.65. The summed E-state index contributed by atoms with van der Waals surface area (Å²) in [4.78, 5) is 29.7. The molecular formula is C26H19BrClF2N5O4S. The summed E-state index contributed by atoms with van der Waals surface area (Å²) >= 11 is 10.3. The van der Waals surface area contributed by atoms with E-state index in [0.717, 1.165) is 15.8 Å². The number of amides is 2. The smallest absolute Gasteiger partial charge is 0.291 e. The number of ether oxygens (including phenoxy) is 1. The Morgan fingerprint density at radius 2 is 2.02 bits per heavy atom. The van der Waals surface area contributed by atoms with Gasteiger partial charge in [0, 0.05) is 28.7 Å². The average molecular weight is 651 g/mol. The second-order valence-electron chi connectivity index (χ2n) is 8.63. The monoisotopic (exact) mass is 649 g/mol. The molecule has 0 unspecified atom stereocenters. The predicted octanol–water partition coefficient (Wildman–Crippen LogP) is 6.88. The first kappa shape index (κ1) is 27.7. The first-order valence-corrected chi connectivity index (χ1v) is 13.5. The van der Waals surface area contributed by atoms with Crippen LogP contribution in [0.5, 0.6) is 5.75 Å². The molecule has 1 aromatic carbocycles. The van der Waals surface area contributed by atoms with Gasteiger partial charge in [0.2, 0.25) is 0 Å². The maximum atomic E-state index is 13.7. The van der Waals surface area contributed by atoms with Crippen molar-refractivity contribution in [3.8, 4) is 16.9 Å². The highest BCUT2D eigenvalue weighted by Crippen LogP contribution is 2.43. The Kier molecular flexibility index (Phi) is 7.62. The van der Waals surface area contributed by atoms with E-state index >= 15 is 0 Å². The van der Waals surface area contributed by atoms with Crippen molar-refractivity contribution in [1.29, 1.82) is 0 Å². The summed E-state index contributed by atoms with van der Waals surface area (Å²) in [7, 11) is 1.69. The van der Waals surface area contributed by atoms with Gasteiger partial charge in [-0.05, 0) is 48.9 Å². The van der Waals surface area contributed by atoms with E-state index < -0.39 is 23.9 Å². The molecule has 5 aromatic rings. The van der Waals surface area contributed by atoms with Crippen molar-refractivity contribution in [3.05, 3.63) is 79.9 Å². The molecule has 0 fully saturated rings. The number of pyridine rings is 1. The molecule has 4 heterocycles. The molecule has 0 spiro atoms. The minimum Gasteiger partial charge on any atom is -0.484 e. The standard InChI is InChI=1S/C26H19BrClF2N5O4S/c1-11-15(9-35(2)34-11)14-8-17(23(29)30)32-26-20(14)21(22(40-26)24(31)36)33-25(37)19-6-4-13(39-19)10-38-18-5-3-12(27)7-16(18)28/h3-9,23H,10H2,1-2H3,(H2,31,36)(H,33,37). The average Bonchev–Trinajstić information content (AvgIpc) is 3.60. The fourth-order valence-corrected chi connectivity index (χ4v) is 5.83. The van der Waals surface area contributed by atoms with Gasteiger partial charge < -0.3 is 20.2 Å². The van der Waals surface area contributed by atoms with Crippen molar-refractivity contribution >= 4 is 66.6 Å². The Hall–Kier alpha value is -3.81. The lowest BCUT2D eigenvalue weighted by Crippen LogP contribution is -2.16. The molecule has 3 N–H and O–H groups in total. The molecule has 206 valence electrons. The zero-order valence-corrected chi connectivity index (χ0v) is 24.0. The molecule has 14 heteroatoms. The van der Waals surface area contributed by atoms with Crippen molar-refractivity contribution in [2.75, 3.05) is 5.32 Å². The fraction of sp³-hybridized carbons (Fsp3) is 0.154. The molecule has 0 bridgehead atoms. The molecular weight excluding hydrogens is 632 g/mol. The van der Waals surface area contributed by atoms with Gasteiger partial charge >= 0.3 is 0 Å². The van der Waals surface area contributed by atoms with E-state index in [2.05, 4.69) is 31.3 Å². The van der Waals surface area contributed by atoms with E-state index in [-0.39, 0.29) is 33.1 Å². The Balaban J connectivity index is 1.50. The Bertz CT molecular complexity index is 1780. The zero-order chi connectivity index (χ0) is 28.7. The topological polar surface area (TPSA) is 125 Å². The van der Waals surface area contributed by atoms with Crippen molar-refractivity contribution in [2.24, 2.45) is 12.8 Å². The molecule has 4 aromatic heterocycles. The number of nitrogens with zero attached hydrogens (tertiary/aromatic N) is 3. The number of primary amides is 1. The van der Waals surface area contributed by atoms with E-state index in [9.17, 15) is 18.4 Å². The number of aromatic nitrogens is 3. The number of benzene rings is 1. The molecule has 9 nitrogen and oxygen atoms in total. The number of nitrogens with one attached hydrogen (secondary N) is 1. The highest BCUT2D eigenvalue weighted by Gasteiger charge is 2.27. The number of carbonyl (C=O) groups excluding carboxylic acids is 2. The highest BCUT2D eigenvalue weighted by molar-refractivity contribution is 9.10. The van der Waals surface area contributed by atoms with Gasteiger partial charge in [-0.25, -0.2) is 13.8 Å². The van der Waals surface area contributed by atoms with Crippen LogP contribution >= 0.6 is 38.9 Å². The van der Waals surface area contributed by atoms with Crippen LogP contribution in [0.25, 0.3) is 21.3 Å². The Morgan fingerprint density at radius 1 is 1.25 bits per heavy atom. The number of anilines is 1.